The second kappa shape index (κ2) is 13.1. The van der Waals surface area contributed by atoms with Gasteiger partial charge in [0.05, 0.1) is 24.0 Å². The summed E-state index contributed by atoms with van der Waals surface area (Å²) in [5, 5.41) is 11.9. The molecule has 1 N–H and O–H groups in total. The fraction of sp³-hybridized carbons (Fsp3) is 0.344. The summed E-state index contributed by atoms with van der Waals surface area (Å²) >= 11 is 5.67. The molecule has 0 unspecified atom stereocenters. The minimum absolute atomic E-state index is 0.0232. The maximum absolute atomic E-state index is 13.7. The fourth-order valence-electron chi connectivity index (χ4n) is 5.45. The van der Waals surface area contributed by atoms with Crippen LogP contribution >= 0.6 is 12.2 Å². The van der Waals surface area contributed by atoms with Gasteiger partial charge in [-0.3, -0.25) is 9.69 Å². The molecule has 234 valence electrons. The molecule has 45 heavy (non-hydrogen) atoms. The number of carbonyl (C=O) groups excluding carboxylic acids is 2. The van der Waals surface area contributed by atoms with Gasteiger partial charge in [-0.15, -0.1) is 0 Å². The molecule has 2 fully saturated rings. The van der Waals surface area contributed by atoms with Crippen LogP contribution in [-0.2, 0) is 22.3 Å². The van der Waals surface area contributed by atoms with E-state index in [2.05, 4.69) is 10.3 Å². The van der Waals surface area contributed by atoms with E-state index in [1.807, 2.05) is 37.3 Å². The van der Waals surface area contributed by atoms with E-state index in [0.29, 0.717) is 30.7 Å². The summed E-state index contributed by atoms with van der Waals surface area (Å²) in [6.45, 7) is 2.38. The molecule has 2 amide bonds. The Balaban J connectivity index is 1.29. The number of nitrogens with zero attached hydrogens (tertiary/aromatic N) is 4. The number of ether oxygens (including phenoxy) is 2. The number of amides is 2. The van der Waals surface area contributed by atoms with E-state index < -0.39 is 35.0 Å². The third-order valence-electron chi connectivity index (χ3n) is 7.83. The highest BCUT2D eigenvalue weighted by molar-refractivity contribution is 7.81. The summed E-state index contributed by atoms with van der Waals surface area (Å²) < 4.78 is 52.4. The quantitative estimate of drug-likeness (QED) is 0.251. The Morgan fingerprint density at radius 3 is 2.47 bits per heavy atom. The molecule has 1 saturated carbocycles. The van der Waals surface area contributed by atoms with E-state index in [-0.39, 0.29) is 30.1 Å². The molecular formula is C32H30F3N5O4S. The second-order valence-electron chi connectivity index (χ2n) is 10.8. The summed E-state index contributed by atoms with van der Waals surface area (Å²) in [4.78, 5) is 32.4. The van der Waals surface area contributed by atoms with E-state index >= 15 is 0 Å². The van der Waals surface area contributed by atoms with Crippen molar-refractivity contribution in [2.75, 3.05) is 16.3 Å². The van der Waals surface area contributed by atoms with Gasteiger partial charge in [-0.25, -0.2) is 9.78 Å². The molecule has 1 spiro atoms. The van der Waals surface area contributed by atoms with Gasteiger partial charge in [0, 0.05) is 5.69 Å². The average Bonchev–Trinajstić information content (AvgIpc) is 3.25. The molecule has 2 heterocycles. The first-order chi connectivity index (χ1) is 21.6. The average molecular weight is 638 g/mol. The number of aromatic nitrogens is 1. The minimum atomic E-state index is -4.84. The molecule has 2 aliphatic rings. The van der Waals surface area contributed by atoms with Crippen LogP contribution < -0.4 is 19.9 Å². The lowest BCUT2D eigenvalue weighted by molar-refractivity contribution is -0.138. The summed E-state index contributed by atoms with van der Waals surface area (Å²) in [6, 6.07) is 18.4. The normalized spacial score (nSPS) is 16.2. The third-order valence-corrected chi connectivity index (χ3v) is 8.20. The number of alkyl halides is 3. The number of hydrogen-bond donors (Lipinski definition) is 1. The first-order valence-corrected chi connectivity index (χ1v) is 14.9. The molecule has 5 rings (SSSR count). The topological polar surface area (TPSA) is 108 Å². The molecule has 3 aromatic rings. The first-order valence-electron chi connectivity index (χ1n) is 14.4. The van der Waals surface area contributed by atoms with Crippen LogP contribution in [0.15, 0.2) is 66.9 Å². The predicted molar refractivity (Wildman–Crippen MR) is 163 cm³/mol. The van der Waals surface area contributed by atoms with Crippen molar-refractivity contribution in [1.82, 2.24) is 10.3 Å². The number of alkyl carbamates (subject to hydrolysis) is 1. The van der Waals surface area contributed by atoms with Crippen LogP contribution in [0.5, 0.6) is 5.75 Å². The first kappa shape index (κ1) is 31.7. The predicted octanol–water partition coefficient (Wildman–Crippen LogP) is 6.51. The zero-order chi connectivity index (χ0) is 32.2. The zero-order valence-corrected chi connectivity index (χ0v) is 25.2. The number of nitriles is 1. The molecule has 1 atom stereocenters. The molecule has 1 aliphatic heterocycles. The van der Waals surface area contributed by atoms with Gasteiger partial charge in [0.1, 0.15) is 30.1 Å². The lowest BCUT2D eigenvalue weighted by Crippen LogP contribution is -2.55. The molecule has 0 bridgehead atoms. The van der Waals surface area contributed by atoms with Crippen molar-refractivity contribution in [1.29, 1.82) is 5.26 Å². The highest BCUT2D eigenvalue weighted by Crippen LogP contribution is 2.48. The van der Waals surface area contributed by atoms with Crippen molar-refractivity contribution in [2.24, 2.45) is 0 Å². The fourth-order valence-corrected chi connectivity index (χ4v) is 5.92. The molecule has 0 radical (unpaired) electrons. The van der Waals surface area contributed by atoms with Crippen LogP contribution in [0.2, 0.25) is 0 Å². The van der Waals surface area contributed by atoms with Crippen LogP contribution in [-0.4, -0.2) is 40.3 Å². The Morgan fingerprint density at radius 2 is 1.87 bits per heavy atom. The van der Waals surface area contributed by atoms with E-state index in [1.54, 1.807) is 29.2 Å². The molecule has 1 saturated heterocycles. The van der Waals surface area contributed by atoms with Crippen molar-refractivity contribution < 1.29 is 32.2 Å². The lowest BCUT2D eigenvalue weighted by Gasteiger charge is -2.43. The van der Waals surface area contributed by atoms with E-state index in [9.17, 15) is 22.8 Å². The number of halogens is 3. The Bertz CT molecular complexity index is 1610. The van der Waals surface area contributed by atoms with Gasteiger partial charge >= 0.3 is 12.3 Å². The summed E-state index contributed by atoms with van der Waals surface area (Å²) in [5.74, 6) is 0.0886. The summed E-state index contributed by atoms with van der Waals surface area (Å²) in [5.41, 5.74) is -1.74. The maximum atomic E-state index is 13.7. The Hall–Kier alpha value is -4.70. The number of thiocarbonyl (C=S) groups is 1. The SMILES string of the molecule is CCC[C@H](CNC(=O)OCc1ccccc1)Oc1ccc(N2C(=S)N(c3cnc(C#N)c(C(F)(F)F)c3)C(=O)C23CCC3)cc1. The van der Waals surface area contributed by atoms with Crippen LogP contribution in [0.3, 0.4) is 0 Å². The summed E-state index contributed by atoms with van der Waals surface area (Å²) in [6.07, 6.45) is -1.49. The number of rotatable bonds is 10. The van der Waals surface area contributed by atoms with Crippen molar-refractivity contribution in [3.63, 3.8) is 0 Å². The van der Waals surface area contributed by atoms with Gasteiger partial charge in [0.25, 0.3) is 5.91 Å². The molecule has 13 heteroatoms. The van der Waals surface area contributed by atoms with E-state index in [1.165, 1.54) is 6.07 Å². The highest BCUT2D eigenvalue weighted by Gasteiger charge is 2.59. The Morgan fingerprint density at radius 1 is 1.16 bits per heavy atom. The van der Waals surface area contributed by atoms with Crippen molar-refractivity contribution in [3.05, 3.63) is 83.7 Å². The van der Waals surface area contributed by atoms with Crippen LogP contribution in [0.1, 0.15) is 55.8 Å². The third kappa shape index (κ3) is 6.56. The van der Waals surface area contributed by atoms with E-state index in [0.717, 1.165) is 35.6 Å². The largest absolute Gasteiger partial charge is 0.489 e. The molecule has 2 aromatic carbocycles. The standard InChI is InChI=1S/C32H30F3N5O4S/c1-2-7-25(19-38-29(42)43-20-21-8-4-3-5-9-21)44-24-12-10-22(11-13-24)40-30(45)39(28(41)31(40)14-6-15-31)23-16-26(32(33,34)35)27(17-36)37-18-23/h3-5,8-13,16,18,25H,2,6-7,14-15,19-20H2,1H3,(H,38,42)/t25-/m1/s1. The van der Waals surface area contributed by atoms with Gasteiger partial charge in [0.15, 0.2) is 10.8 Å². The Labute approximate surface area is 263 Å². The maximum Gasteiger partial charge on any atom is 0.419 e. The smallest absolute Gasteiger partial charge is 0.419 e. The lowest BCUT2D eigenvalue weighted by atomic mass is 9.75. The van der Waals surface area contributed by atoms with Gasteiger partial charge in [-0.1, -0.05) is 43.7 Å². The van der Waals surface area contributed by atoms with E-state index in [4.69, 9.17) is 27.0 Å². The molecule has 1 aliphatic carbocycles. The van der Waals surface area contributed by atoms with Gasteiger partial charge < -0.3 is 19.7 Å². The van der Waals surface area contributed by atoms with Gasteiger partial charge in [-0.2, -0.15) is 18.4 Å². The molecular weight excluding hydrogens is 607 g/mol. The zero-order valence-electron chi connectivity index (χ0n) is 24.3. The molecule has 9 nitrogen and oxygen atoms in total. The number of anilines is 2. The van der Waals surface area contributed by atoms with Crippen molar-refractivity contribution in [3.8, 4) is 11.8 Å². The van der Waals surface area contributed by atoms with Crippen molar-refractivity contribution in [2.45, 2.75) is 63.5 Å². The minimum Gasteiger partial charge on any atom is -0.489 e. The van der Waals surface area contributed by atoms with Crippen LogP contribution in [0.25, 0.3) is 0 Å². The molecule has 1 aromatic heterocycles. The second-order valence-corrected chi connectivity index (χ2v) is 11.2. The highest BCUT2D eigenvalue weighted by atomic mass is 32.1. The van der Waals surface area contributed by atoms with Crippen LogP contribution in [0.4, 0.5) is 29.3 Å². The number of carbonyl (C=O) groups is 2. The summed E-state index contributed by atoms with van der Waals surface area (Å²) in [7, 11) is 0. The number of pyridine rings is 1. The van der Waals surface area contributed by atoms with Crippen molar-refractivity contribution >= 4 is 40.7 Å². The number of benzene rings is 2. The number of hydrogen-bond acceptors (Lipinski definition) is 7. The van der Waals surface area contributed by atoms with Gasteiger partial charge in [0.2, 0.25) is 0 Å². The monoisotopic (exact) mass is 637 g/mol. The Kier molecular flexibility index (Phi) is 9.24. The van der Waals surface area contributed by atoms with Gasteiger partial charge in [-0.05, 0) is 73.8 Å². The number of nitrogens with one attached hydrogen (secondary N) is 1. The van der Waals surface area contributed by atoms with Crippen LogP contribution in [0, 0.1) is 11.3 Å².